The third-order valence-electron chi connectivity index (χ3n) is 3.97. The Kier molecular flexibility index (Phi) is 5.85. The van der Waals surface area contributed by atoms with E-state index in [-0.39, 0.29) is 11.3 Å². The summed E-state index contributed by atoms with van der Waals surface area (Å²) in [5, 5.41) is 10.1. The van der Waals surface area contributed by atoms with Crippen LogP contribution in [-0.2, 0) is 0 Å². The highest BCUT2D eigenvalue weighted by molar-refractivity contribution is 6.14. The highest BCUT2D eigenvalue weighted by atomic mass is 19.1. The second-order valence-corrected chi connectivity index (χ2v) is 5.49. The maximum absolute atomic E-state index is 13.6. The predicted octanol–water partition coefficient (Wildman–Crippen LogP) is 3.97. The first-order chi connectivity index (χ1) is 11.9. The van der Waals surface area contributed by atoms with E-state index < -0.39 is 35.2 Å². The maximum Gasteiger partial charge on any atom is 0.176 e. The second-order valence-electron chi connectivity index (χ2n) is 5.49. The van der Waals surface area contributed by atoms with Crippen LogP contribution in [0.3, 0.4) is 0 Å². The fourth-order valence-corrected chi connectivity index (χ4v) is 2.63. The van der Waals surface area contributed by atoms with E-state index in [1.165, 1.54) is 12.1 Å². The van der Waals surface area contributed by atoms with Crippen LogP contribution < -0.4 is 4.90 Å². The molecule has 0 heterocycles. The zero-order valence-electron chi connectivity index (χ0n) is 14.1. The molecule has 0 unspecified atom stereocenters. The molecule has 2 rings (SSSR count). The summed E-state index contributed by atoms with van der Waals surface area (Å²) in [7, 11) is 0. The molecular weight excluding hydrogens is 328 g/mol. The average Bonchev–Trinajstić information content (AvgIpc) is 2.55. The van der Waals surface area contributed by atoms with Gasteiger partial charge in [-0.2, -0.15) is 0 Å². The van der Waals surface area contributed by atoms with Crippen molar-refractivity contribution in [2.75, 3.05) is 18.0 Å². The molecule has 0 aromatic heterocycles. The molecule has 4 nitrogen and oxygen atoms in total. The van der Waals surface area contributed by atoms with Gasteiger partial charge in [0.25, 0.3) is 0 Å². The summed E-state index contributed by atoms with van der Waals surface area (Å²) in [6.45, 7) is 5.38. The van der Waals surface area contributed by atoms with E-state index in [0.717, 1.165) is 37.0 Å². The molecule has 25 heavy (non-hydrogen) atoms. The number of ketones is 2. The van der Waals surface area contributed by atoms with Crippen LogP contribution in [0.5, 0.6) is 5.75 Å². The first kappa shape index (κ1) is 18.6. The summed E-state index contributed by atoms with van der Waals surface area (Å²) in [4.78, 5) is 26.3. The predicted molar refractivity (Wildman–Crippen MR) is 91.3 cm³/mol. The minimum Gasteiger partial charge on any atom is -0.507 e. The quantitative estimate of drug-likeness (QED) is 0.608. The number of Topliss-reactive ketones (excluding diaryl/α,β-unsaturated/α-hetero) is 2. The number of phenols is 1. The lowest BCUT2D eigenvalue weighted by atomic mass is 10.00. The molecule has 0 aliphatic rings. The third-order valence-corrected chi connectivity index (χ3v) is 3.97. The van der Waals surface area contributed by atoms with Crippen molar-refractivity contribution in [1.29, 1.82) is 0 Å². The zero-order valence-corrected chi connectivity index (χ0v) is 14.1. The number of halogens is 2. The Morgan fingerprint density at radius 3 is 2.12 bits per heavy atom. The Morgan fingerprint density at radius 1 is 1.00 bits per heavy atom. The standard InChI is InChI=1S/C19H19F2NO3/c1-3-22(4-2)12-8-9-13(16(23)10-12)17(24)11-18(25)19-14(20)6-5-7-15(19)21/h5-10,23H,3-4,11H2,1-2H3. The number of rotatable bonds is 7. The van der Waals surface area contributed by atoms with E-state index in [4.69, 9.17) is 0 Å². The smallest absolute Gasteiger partial charge is 0.176 e. The van der Waals surface area contributed by atoms with Gasteiger partial charge in [-0.05, 0) is 38.1 Å². The summed E-state index contributed by atoms with van der Waals surface area (Å²) in [6, 6.07) is 7.56. The molecule has 0 atom stereocenters. The molecule has 0 aliphatic heterocycles. The molecule has 2 aromatic rings. The number of anilines is 1. The van der Waals surface area contributed by atoms with Crippen LogP contribution in [-0.4, -0.2) is 29.8 Å². The second kappa shape index (κ2) is 7.88. The minimum atomic E-state index is -1.01. The van der Waals surface area contributed by atoms with E-state index in [0.29, 0.717) is 0 Å². The van der Waals surface area contributed by atoms with Crippen molar-refractivity contribution in [2.24, 2.45) is 0 Å². The van der Waals surface area contributed by atoms with Crippen LogP contribution >= 0.6 is 0 Å². The molecule has 0 saturated heterocycles. The van der Waals surface area contributed by atoms with Gasteiger partial charge in [-0.15, -0.1) is 0 Å². The number of hydrogen-bond donors (Lipinski definition) is 1. The number of nitrogens with zero attached hydrogens (tertiary/aromatic N) is 1. The molecule has 1 N–H and O–H groups in total. The summed E-state index contributed by atoms with van der Waals surface area (Å²) in [5.74, 6) is -3.96. The highest BCUT2D eigenvalue weighted by Crippen LogP contribution is 2.26. The number of phenolic OH excluding ortho intramolecular Hbond substituents is 1. The van der Waals surface area contributed by atoms with Gasteiger partial charge in [-0.1, -0.05) is 6.07 Å². The highest BCUT2D eigenvalue weighted by Gasteiger charge is 2.22. The lowest BCUT2D eigenvalue weighted by molar-refractivity contribution is 0.0889. The van der Waals surface area contributed by atoms with Gasteiger partial charge in [0.1, 0.15) is 17.4 Å². The number of benzene rings is 2. The number of carbonyl (C=O) groups excluding carboxylic acids is 2. The van der Waals surface area contributed by atoms with Gasteiger partial charge in [0, 0.05) is 24.8 Å². The molecule has 0 aliphatic carbocycles. The third kappa shape index (κ3) is 4.02. The van der Waals surface area contributed by atoms with Crippen LogP contribution in [0.1, 0.15) is 41.0 Å². The van der Waals surface area contributed by atoms with E-state index in [9.17, 15) is 23.5 Å². The van der Waals surface area contributed by atoms with E-state index in [2.05, 4.69) is 0 Å². The van der Waals surface area contributed by atoms with Gasteiger partial charge in [0.2, 0.25) is 0 Å². The lowest BCUT2D eigenvalue weighted by Crippen LogP contribution is -2.21. The van der Waals surface area contributed by atoms with Crippen molar-refractivity contribution >= 4 is 17.3 Å². The maximum atomic E-state index is 13.6. The van der Waals surface area contributed by atoms with Gasteiger partial charge in [0.05, 0.1) is 17.5 Å². The zero-order chi connectivity index (χ0) is 18.6. The minimum absolute atomic E-state index is 0.0546. The van der Waals surface area contributed by atoms with Crippen molar-refractivity contribution in [3.05, 3.63) is 59.2 Å². The van der Waals surface area contributed by atoms with Gasteiger partial charge >= 0.3 is 0 Å². The van der Waals surface area contributed by atoms with Crippen molar-refractivity contribution in [2.45, 2.75) is 20.3 Å². The molecular formula is C19H19F2NO3. The molecule has 132 valence electrons. The van der Waals surface area contributed by atoms with Crippen LogP contribution in [0.4, 0.5) is 14.5 Å². The molecule has 6 heteroatoms. The van der Waals surface area contributed by atoms with Crippen molar-refractivity contribution in [1.82, 2.24) is 0 Å². The van der Waals surface area contributed by atoms with Crippen LogP contribution in [0.25, 0.3) is 0 Å². The molecule has 0 bridgehead atoms. The van der Waals surface area contributed by atoms with Gasteiger partial charge < -0.3 is 10.0 Å². The molecule has 0 fully saturated rings. The summed E-state index contributed by atoms with van der Waals surface area (Å²) < 4.78 is 27.3. The Hall–Kier alpha value is -2.76. The lowest BCUT2D eigenvalue weighted by Gasteiger charge is -2.21. The van der Waals surface area contributed by atoms with Crippen LogP contribution in [0.15, 0.2) is 36.4 Å². The Balaban J connectivity index is 2.22. The largest absolute Gasteiger partial charge is 0.507 e. The summed E-state index contributed by atoms with van der Waals surface area (Å²) in [6.07, 6.45) is -0.726. The number of carbonyl (C=O) groups is 2. The van der Waals surface area contributed by atoms with Gasteiger partial charge in [0.15, 0.2) is 11.6 Å². The molecule has 0 spiro atoms. The van der Waals surface area contributed by atoms with E-state index in [1.807, 2.05) is 18.7 Å². The number of hydrogen-bond acceptors (Lipinski definition) is 4. The Bertz CT molecular complexity index is 781. The fourth-order valence-electron chi connectivity index (χ4n) is 2.63. The molecule has 0 radical (unpaired) electrons. The first-order valence-electron chi connectivity index (χ1n) is 7.97. The Morgan fingerprint density at radius 2 is 1.60 bits per heavy atom. The normalized spacial score (nSPS) is 10.6. The molecule has 0 amide bonds. The van der Waals surface area contributed by atoms with Crippen LogP contribution in [0, 0.1) is 11.6 Å². The van der Waals surface area contributed by atoms with Crippen molar-refractivity contribution in [3.63, 3.8) is 0 Å². The van der Waals surface area contributed by atoms with Crippen molar-refractivity contribution in [3.8, 4) is 5.75 Å². The van der Waals surface area contributed by atoms with Gasteiger partial charge in [-0.25, -0.2) is 8.78 Å². The Labute approximate surface area is 144 Å². The SMILES string of the molecule is CCN(CC)c1ccc(C(=O)CC(=O)c2c(F)cccc2F)c(O)c1. The fraction of sp³-hybridized carbons (Fsp3) is 0.263. The van der Waals surface area contributed by atoms with E-state index >= 15 is 0 Å². The first-order valence-corrected chi connectivity index (χ1v) is 7.97. The topological polar surface area (TPSA) is 57.6 Å². The summed E-state index contributed by atoms with van der Waals surface area (Å²) in [5.41, 5.74) is -0.0540. The van der Waals surface area contributed by atoms with Crippen LogP contribution in [0.2, 0.25) is 0 Å². The molecule has 0 saturated carbocycles. The van der Waals surface area contributed by atoms with E-state index in [1.54, 1.807) is 6.07 Å². The molecule has 2 aromatic carbocycles. The van der Waals surface area contributed by atoms with Crippen molar-refractivity contribution < 1.29 is 23.5 Å². The average molecular weight is 347 g/mol. The van der Waals surface area contributed by atoms with Gasteiger partial charge in [-0.3, -0.25) is 9.59 Å². The monoisotopic (exact) mass is 347 g/mol. The number of aromatic hydroxyl groups is 1. The summed E-state index contributed by atoms with van der Waals surface area (Å²) >= 11 is 0.